The molecule has 0 aromatic carbocycles. The third-order valence-corrected chi connectivity index (χ3v) is 3.71. The van der Waals surface area contributed by atoms with Gasteiger partial charge in [0.25, 0.3) is 0 Å². The molecule has 7 heteroatoms. The van der Waals surface area contributed by atoms with E-state index in [-0.39, 0.29) is 0 Å². The van der Waals surface area contributed by atoms with Crippen LogP contribution in [0.25, 0.3) is 0 Å². The van der Waals surface area contributed by atoms with Gasteiger partial charge in [0.05, 0.1) is 0 Å². The Labute approximate surface area is 73.8 Å². The molecule has 2 amide bonds. The molecular weight excluding hydrogens is 178 g/mol. The topological polar surface area (TPSA) is 110 Å². The molecule has 2 fully saturated rings. The van der Waals surface area contributed by atoms with Crippen LogP contribution in [0.15, 0.2) is 0 Å². The van der Waals surface area contributed by atoms with Gasteiger partial charge in [-0.1, -0.05) is 0 Å². The fourth-order valence-electron chi connectivity index (χ4n) is 1.48. The lowest BCUT2D eigenvalue weighted by molar-refractivity contribution is 0.138. The molecule has 0 saturated carbocycles. The van der Waals surface area contributed by atoms with Gasteiger partial charge in [0.2, 0.25) is 0 Å². The zero-order valence-corrected chi connectivity index (χ0v) is 7.23. The van der Waals surface area contributed by atoms with E-state index in [0.717, 1.165) is 5.01 Å². The molecule has 0 unspecified atom stereocenters. The summed E-state index contributed by atoms with van der Waals surface area (Å²) in [5.41, 5.74) is 9.98. The van der Waals surface area contributed by atoms with E-state index in [4.69, 9.17) is 17.3 Å². The average molecular weight is 189 g/mol. The number of nitrogens with zero attached hydrogens (tertiary/aromatic N) is 1. The van der Waals surface area contributed by atoms with E-state index in [9.17, 15) is 4.79 Å². The van der Waals surface area contributed by atoms with Crippen molar-refractivity contribution in [3.63, 3.8) is 0 Å². The minimum atomic E-state index is -0.936. The summed E-state index contributed by atoms with van der Waals surface area (Å²) in [5.74, 6) is 6.65. The van der Waals surface area contributed by atoms with Crippen LogP contribution in [-0.4, -0.2) is 33.9 Å². The minimum absolute atomic E-state index is 0.402. The number of thioether (sulfide) groups is 1. The quantitative estimate of drug-likeness (QED) is 0.199. The minimum Gasteiger partial charge on any atom is -0.314 e. The summed E-state index contributed by atoms with van der Waals surface area (Å²) in [4.78, 5) is 11.1. The van der Waals surface area contributed by atoms with Gasteiger partial charge in [-0.05, 0) is 0 Å². The van der Waals surface area contributed by atoms with Crippen molar-refractivity contribution in [3.05, 3.63) is 0 Å². The number of carbonyl (C=O) groups excluding carboxylic acids is 1. The first-order chi connectivity index (χ1) is 5.50. The Morgan fingerprint density at radius 3 is 2.75 bits per heavy atom. The monoisotopic (exact) mass is 189 g/mol. The summed E-state index contributed by atoms with van der Waals surface area (Å²) in [5, 5.41) is 3.57. The number of hydrogen-bond donors (Lipinski definition) is 4. The fourth-order valence-corrected chi connectivity index (χ4v) is 2.94. The predicted octanol–water partition coefficient (Wildman–Crippen LogP) is -2.06. The van der Waals surface area contributed by atoms with Gasteiger partial charge in [-0.25, -0.2) is 15.6 Å². The molecule has 2 aliphatic rings. The largest absolute Gasteiger partial charge is 0.335 e. The highest BCUT2D eigenvalue weighted by molar-refractivity contribution is 7.99. The highest BCUT2D eigenvalue weighted by atomic mass is 32.2. The number of nitrogens with one attached hydrogen (secondary N) is 1. The molecule has 0 aromatic heterocycles. The van der Waals surface area contributed by atoms with Crippen LogP contribution in [0.2, 0.25) is 0 Å². The molecule has 0 bridgehead atoms. The summed E-state index contributed by atoms with van der Waals surface area (Å²) in [7, 11) is 0. The van der Waals surface area contributed by atoms with Crippen LogP contribution < -0.4 is 22.6 Å². The second kappa shape index (κ2) is 2.05. The molecule has 12 heavy (non-hydrogen) atoms. The molecule has 2 heterocycles. The van der Waals surface area contributed by atoms with Gasteiger partial charge >= 0.3 is 6.03 Å². The second-order valence-corrected chi connectivity index (χ2v) is 4.17. The maximum atomic E-state index is 11.1. The van der Waals surface area contributed by atoms with E-state index in [2.05, 4.69) is 5.32 Å². The molecule has 2 aliphatic heterocycles. The second-order valence-electron chi connectivity index (χ2n) is 3.19. The van der Waals surface area contributed by atoms with Crippen molar-refractivity contribution in [2.24, 2.45) is 17.3 Å². The lowest BCUT2D eigenvalue weighted by atomic mass is 10.0. The Bertz CT molecular complexity index is 248. The number of urea groups is 1. The van der Waals surface area contributed by atoms with E-state index in [1.807, 2.05) is 0 Å². The van der Waals surface area contributed by atoms with Crippen LogP contribution >= 0.6 is 11.8 Å². The number of nitrogens with two attached hydrogens (primary N) is 3. The summed E-state index contributed by atoms with van der Waals surface area (Å²) < 4.78 is 0. The molecule has 2 rings (SSSR count). The molecule has 0 aliphatic carbocycles. The highest BCUT2D eigenvalue weighted by Crippen LogP contribution is 2.36. The standard InChI is InChI=1S/C5H11N5OS/c6-4-1-12-2-5(4,7)10(8)3(11)9-4/h1-2,6-8H2,(H,9,11)/t4-,5+/m1/s1. The van der Waals surface area contributed by atoms with Crippen LogP contribution in [0.4, 0.5) is 4.79 Å². The van der Waals surface area contributed by atoms with Gasteiger partial charge in [0.15, 0.2) is 5.66 Å². The van der Waals surface area contributed by atoms with Gasteiger partial charge in [-0.15, -0.1) is 0 Å². The van der Waals surface area contributed by atoms with Gasteiger partial charge < -0.3 is 16.8 Å². The van der Waals surface area contributed by atoms with Crippen molar-refractivity contribution in [2.45, 2.75) is 11.3 Å². The zero-order valence-electron chi connectivity index (χ0n) is 6.41. The first kappa shape index (κ1) is 8.11. The van der Waals surface area contributed by atoms with Gasteiger partial charge in [-0.2, -0.15) is 11.8 Å². The molecule has 2 saturated heterocycles. The Hall–Kier alpha value is -0.500. The number of carbonyl (C=O) groups is 1. The molecule has 0 spiro atoms. The summed E-state index contributed by atoms with van der Waals surface area (Å²) in [6, 6.07) is -0.402. The number of hydrazine groups is 1. The van der Waals surface area contributed by atoms with E-state index in [1.54, 1.807) is 11.8 Å². The maximum absolute atomic E-state index is 11.1. The van der Waals surface area contributed by atoms with Crippen LogP contribution in [0.3, 0.4) is 0 Å². The van der Waals surface area contributed by atoms with Gasteiger partial charge in [0.1, 0.15) is 5.66 Å². The number of rotatable bonds is 0. The third kappa shape index (κ3) is 0.692. The summed E-state index contributed by atoms with van der Waals surface area (Å²) >= 11 is 1.58. The predicted molar refractivity (Wildman–Crippen MR) is 45.7 cm³/mol. The van der Waals surface area contributed by atoms with Crippen molar-refractivity contribution >= 4 is 17.8 Å². The molecule has 6 nitrogen and oxygen atoms in total. The van der Waals surface area contributed by atoms with E-state index in [1.165, 1.54) is 0 Å². The Morgan fingerprint density at radius 1 is 1.50 bits per heavy atom. The Morgan fingerprint density at radius 2 is 2.17 bits per heavy atom. The van der Waals surface area contributed by atoms with Crippen molar-refractivity contribution < 1.29 is 4.79 Å². The molecule has 2 atom stereocenters. The van der Waals surface area contributed by atoms with Crippen LogP contribution in [0.5, 0.6) is 0 Å². The van der Waals surface area contributed by atoms with Gasteiger partial charge in [-0.3, -0.25) is 0 Å². The van der Waals surface area contributed by atoms with Gasteiger partial charge in [0, 0.05) is 11.5 Å². The van der Waals surface area contributed by atoms with E-state index in [0.29, 0.717) is 11.5 Å². The normalized spacial score (nSPS) is 46.2. The summed E-state index contributed by atoms with van der Waals surface area (Å²) in [6.45, 7) is 0. The first-order valence-electron chi connectivity index (χ1n) is 3.52. The SMILES string of the molecule is NN1C(=O)N[C@]2(N)CSC[C@]12N. The van der Waals surface area contributed by atoms with Crippen molar-refractivity contribution in [1.82, 2.24) is 10.3 Å². The maximum Gasteiger partial charge on any atom is 0.335 e. The Kier molecular flexibility index (Phi) is 1.39. The Balaban J connectivity index is 2.41. The third-order valence-electron chi connectivity index (χ3n) is 2.40. The van der Waals surface area contributed by atoms with Crippen molar-refractivity contribution in [2.75, 3.05) is 11.5 Å². The average Bonchev–Trinajstić information content (AvgIpc) is 2.34. The molecule has 0 aromatic rings. The van der Waals surface area contributed by atoms with Crippen molar-refractivity contribution in [3.8, 4) is 0 Å². The molecular formula is C5H11N5OS. The molecule has 68 valence electrons. The lowest BCUT2D eigenvalue weighted by Crippen LogP contribution is -2.72. The first-order valence-corrected chi connectivity index (χ1v) is 4.68. The zero-order chi connectivity index (χ0) is 8.98. The smallest absolute Gasteiger partial charge is 0.314 e. The molecule has 7 N–H and O–H groups in total. The summed E-state index contributed by atoms with van der Waals surface area (Å²) in [6.07, 6.45) is 0. The van der Waals surface area contributed by atoms with Crippen molar-refractivity contribution in [1.29, 1.82) is 0 Å². The van der Waals surface area contributed by atoms with E-state index >= 15 is 0 Å². The van der Waals surface area contributed by atoms with Crippen LogP contribution in [0.1, 0.15) is 0 Å². The lowest BCUT2D eigenvalue weighted by Gasteiger charge is -2.34. The van der Waals surface area contributed by atoms with Crippen LogP contribution in [-0.2, 0) is 0 Å². The highest BCUT2D eigenvalue weighted by Gasteiger charge is 2.61. The molecule has 0 radical (unpaired) electrons. The number of amides is 2. The number of fused-ring (bicyclic) bond motifs is 1. The van der Waals surface area contributed by atoms with Crippen LogP contribution in [0, 0.1) is 0 Å². The number of hydrogen-bond acceptors (Lipinski definition) is 5. The van der Waals surface area contributed by atoms with E-state index < -0.39 is 17.4 Å². The fraction of sp³-hybridized carbons (Fsp3) is 0.800.